The molecule has 13 heteroatoms. The van der Waals surface area contributed by atoms with Gasteiger partial charge in [0.15, 0.2) is 5.60 Å². The van der Waals surface area contributed by atoms with E-state index in [4.69, 9.17) is 9.84 Å². The first-order valence-corrected chi connectivity index (χ1v) is 11.3. The normalized spacial score (nSPS) is 17.6. The number of hydrogen-bond donors (Lipinski definition) is 5. The highest BCUT2D eigenvalue weighted by atomic mass is 19.1. The minimum atomic E-state index is -2.00. The number of esters is 1. The molecule has 4 heterocycles. The van der Waals surface area contributed by atoms with Crippen LogP contribution in [0.2, 0.25) is 0 Å². The molecule has 37 heavy (non-hydrogen) atoms. The zero-order valence-corrected chi connectivity index (χ0v) is 19.4. The molecule has 5 rings (SSSR count). The largest absolute Gasteiger partial charge is 0.465 e. The Balaban J connectivity index is 1.65. The fourth-order valence-corrected chi connectivity index (χ4v) is 4.81. The number of rotatable bonds is 5. The number of ether oxygens (including phenoxy) is 1. The molecule has 1 aromatic carbocycles. The first kappa shape index (κ1) is 24.3. The van der Waals surface area contributed by atoms with Gasteiger partial charge in [-0.3, -0.25) is 9.59 Å². The van der Waals surface area contributed by atoms with E-state index >= 15 is 0 Å². The van der Waals surface area contributed by atoms with E-state index in [-0.39, 0.29) is 47.6 Å². The summed E-state index contributed by atoms with van der Waals surface area (Å²) in [5.74, 6) is -2.51. The molecule has 2 aromatic heterocycles. The second-order valence-corrected chi connectivity index (χ2v) is 8.73. The lowest BCUT2D eigenvalue weighted by Gasteiger charge is -2.31. The highest BCUT2D eigenvalue weighted by Crippen LogP contribution is 2.40. The van der Waals surface area contributed by atoms with Gasteiger partial charge in [0, 0.05) is 22.6 Å². The van der Waals surface area contributed by atoms with E-state index < -0.39 is 48.1 Å². The highest BCUT2D eigenvalue weighted by Gasteiger charge is 2.45. The molecular weight excluding hydrogens is 491 g/mol. The number of amides is 2. The SMILES string of the molecule is CC[C@@]1(O)C(=O)OCc2c1cc1n(c2=O)Cc2c-1nc1cc(F)c(NC(=O)CNC(=O)O)cc1c2CO. The number of nitrogens with zero attached hydrogens (tertiary/aromatic N) is 2. The number of nitrogens with one attached hydrogen (secondary N) is 2. The van der Waals surface area contributed by atoms with Crippen molar-refractivity contribution in [1.82, 2.24) is 14.9 Å². The number of carbonyl (C=O) groups is 3. The van der Waals surface area contributed by atoms with Crippen LogP contribution in [0, 0.1) is 5.82 Å². The molecule has 3 aromatic rings. The molecule has 0 bridgehead atoms. The summed E-state index contributed by atoms with van der Waals surface area (Å²) in [7, 11) is 0. The molecule has 0 saturated carbocycles. The molecule has 192 valence electrons. The fourth-order valence-electron chi connectivity index (χ4n) is 4.81. The Hall–Kier alpha value is -4.36. The van der Waals surface area contributed by atoms with Gasteiger partial charge in [-0.1, -0.05) is 6.92 Å². The lowest BCUT2D eigenvalue weighted by atomic mass is 9.86. The maximum absolute atomic E-state index is 14.8. The molecule has 0 aliphatic carbocycles. The number of fused-ring (bicyclic) bond motifs is 5. The zero-order chi connectivity index (χ0) is 26.6. The van der Waals surface area contributed by atoms with Crippen LogP contribution < -0.4 is 16.2 Å². The van der Waals surface area contributed by atoms with Crippen LogP contribution in [-0.4, -0.2) is 49.4 Å². The number of hydrogen-bond acceptors (Lipinski definition) is 8. The maximum Gasteiger partial charge on any atom is 0.405 e. The van der Waals surface area contributed by atoms with Crippen molar-refractivity contribution in [3.05, 3.63) is 56.6 Å². The molecule has 2 aliphatic heterocycles. The predicted molar refractivity (Wildman–Crippen MR) is 125 cm³/mol. The molecule has 1 atom stereocenters. The van der Waals surface area contributed by atoms with Gasteiger partial charge in [0.2, 0.25) is 5.91 Å². The Morgan fingerprint density at radius 1 is 1.24 bits per heavy atom. The molecule has 0 fully saturated rings. The van der Waals surface area contributed by atoms with Crippen molar-refractivity contribution in [3.8, 4) is 11.4 Å². The minimum Gasteiger partial charge on any atom is -0.465 e. The standard InChI is InChI=1S/C24H21FN4O8/c1-2-24(36)14-4-18-20-11(7-29(18)21(32)13(14)9-37-22(24)33)12(8-30)10-3-17(15(25)5-16(10)28-20)27-19(31)6-26-23(34)35/h3-5,26,30,36H,2,6-9H2,1H3,(H,27,31)(H,34,35)/t24-/m0/s1. The van der Waals surface area contributed by atoms with Crippen LogP contribution in [0.5, 0.6) is 0 Å². The molecule has 0 spiro atoms. The summed E-state index contributed by atoms with van der Waals surface area (Å²) in [5.41, 5.74) is -0.914. The third kappa shape index (κ3) is 3.70. The number of anilines is 1. The van der Waals surface area contributed by atoms with Crippen molar-refractivity contribution in [2.45, 2.75) is 38.7 Å². The van der Waals surface area contributed by atoms with E-state index in [0.29, 0.717) is 22.2 Å². The Labute approximate surface area is 207 Å². The van der Waals surface area contributed by atoms with Gasteiger partial charge in [0.05, 0.1) is 41.3 Å². The van der Waals surface area contributed by atoms with Crippen LogP contribution in [0.4, 0.5) is 14.9 Å². The van der Waals surface area contributed by atoms with Gasteiger partial charge in [-0.2, -0.15) is 0 Å². The monoisotopic (exact) mass is 512 g/mol. The zero-order valence-electron chi connectivity index (χ0n) is 19.4. The second-order valence-electron chi connectivity index (χ2n) is 8.73. The molecule has 2 aliphatic rings. The number of halogens is 1. The van der Waals surface area contributed by atoms with Gasteiger partial charge in [0.1, 0.15) is 19.0 Å². The Kier molecular flexibility index (Phi) is 5.68. The van der Waals surface area contributed by atoms with Crippen molar-refractivity contribution in [2.24, 2.45) is 0 Å². The molecule has 5 N–H and O–H groups in total. The number of pyridine rings is 2. The van der Waals surface area contributed by atoms with Crippen molar-refractivity contribution in [2.75, 3.05) is 11.9 Å². The number of benzene rings is 1. The highest BCUT2D eigenvalue weighted by molar-refractivity contribution is 5.97. The van der Waals surface area contributed by atoms with Crippen LogP contribution in [-0.2, 0) is 39.7 Å². The van der Waals surface area contributed by atoms with Crippen molar-refractivity contribution < 1.29 is 38.8 Å². The number of cyclic esters (lactones) is 1. The Bertz CT molecular complexity index is 1580. The molecule has 12 nitrogen and oxygen atoms in total. The smallest absolute Gasteiger partial charge is 0.405 e. The Morgan fingerprint density at radius 3 is 2.68 bits per heavy atom. The number of carbonyl (C=O) groups excluding carboxylic acids is 2. The van der Waals surface area contributed by atoms with Gasteiger partial charge in [-0.15, -0.1) is 0 Å². The molecule has 0 saturated heterocycles. The third-order valence-corrected chi connectivity index (χ3v) is 6.73. The average Bonchev–Trinajstić information content (AvgIpc) is 3.23. The number of aromatic nitrogens is 2. The average molecular weight is 512 g/mol. The Morgan fingerprint density at radius 2 is 2.00 bits per heavy atom. The molecule has 2 amide bonds. The van der Waals surface area contributed by atoms with Gasteiger partial charge < -0.3 is 35.3 Å². The first-order valence-electron chi connectivity index (χ1n) is 11.3. The van der Waals surface area contributed by atoms with Crippen LogP contribution in [0.15, 0.2) is 23.0 Å². The summed E-state index contributed by atoms with van der Waals surface area (Å²) < 4.78 is 21.3. The van der Waals surface area contributed by atoms with E-state index in [9.17, 15) is 33.8 Å². The van der Waals surface area contributed by atoms with Gasteiger partial charge in [-0.25, -0.2) is 19.0 Å². The lowest BCUT2D eigenvalue weighted by Crippen LogP contribution is -2.44. The molecular formula is C24H21FN4O8. The van der Waals surface area contributed by atoms with E-state index in [1.165, 1.54) is 16.7 Å². The topological polar surface area (TPSA) is 180 Å². The van der Waals surface area contributed by atoms with E-state index in [1.54, 1.807) is 6.92 Å². The van der Waals surface area contributed by atoms with Crippen molar-refractivity contribution >= 4 is 34.6 Å². The fraction of sp³-hybridized carbons (Fsp3) is 0.292. The minimum absolute atomic E-state index is 0.0235. The lowest BCUT2D eigenvalue weighted by molar-refractivity contribution is -0.172. The van der Waals surface area contributed by atoms with Crippen molar-refractivity contribution in [1.29, 1.82) is 0 Å². The van der Waals surface area contributed by atoms with Gasteiger partial charge >= 0.3 is 12.1 Å². The van der Waals surface area contributed by atoms with Gasteiger partial charge in [-0.05, 0) is 24.1 Å². The first-order chi connectivity index (χ1) is 17.6. The van der Waals surface area contributed by atoms with Crippen LogP contribution in [0.1, 0.15) is 35.6 Å². The van der Waals surface area contributed by atoms with Crippen LogP contribution in [0.3, 0.4) is 0 Å². The number of carboxylic acid groups (broad SMARTS) is 1. The van der Waals surface area contributed by atoms with Crippen LogP contribution >= 0.6 is 0 Å². The summed E-state index contributed by atoms with van der Waals surface area (Å²) in [4.78, 5) is 52.8. The molecule has 0 radical (unpaired) electrons. The summed E-state index contributed by atoms with van der Waals surface area (Å²) >= 11 is 0. The summed E-state index contributed by atoms with van der Waals surface area (Å²) in [6.07, 6.45) is -1.44. The number of aliphatic hydroxyl groups is 2. The predicted octanol–water partition coefficient (Wildman–Crippen LogP) is 0.917. The second kappa shape index (κ2) is 8.64. The number of aliphatic hydroxyl groups excluding tert-OH is 1. The van der Waals surface area contributed by atoms with E-state index in [2.05, 4.69) is 10.3 Å². The van der Waals surface area contributed by atoms with Crippen molar-refractivity contribution in [3.63, 3.8) is 0 Å². The summed E-state index contributed by atoms with van der Waals surface area (Å²) in [5, 5.41) is 34.3. The summed E-state index contributed by atoms with van der Waals surface area (Å²) in [6.45, 7) is 0.224. The van der Waals surface area contributed by atoms with Gasteiger partial charge in [0.25, 0.3) is 5.56 Å². The van der Waals surface area contributed by atoms with E-state index in [1.807, 2.05) is 5.32 Å². The van der Waals surface area contributed by atoms with E-state index in [0.717, 1.165) is 6.07 Å². The quantitative estimate of drug-likeness (QED) is 0.243. The van der Waals surface area contributed by atoms with Crippen LogP contribution in [0.25, 0.3) is 22.3 Å². The molecule has 0 unspecified atom stereocenters. The third-order valence-electron chi connectivity index (χ3n) is 6.73. The summed E-state index contributed by atoms with van der Waals surface area (Å²) in [6, 6.07) is 3.84. The maximum atomic E-state index is 14.8.